The Morgan fingerprint density at radius 2 is 1.77 bits per heavy atom. The van der Waals surface area contributed by atoms with Gasteiger partial charge in [0.2, 0.25) is 0 Å². The second-order valence-electron chi connectivity index (χ2n) is 8.74. The van der Waals surface area contributed by atoms with Crippen molar-refractivity contribution in [1.82, 2.24) is 4.57 Å². The predicted octanol–water partition coefficient (Wildman–Crippen LogP) is 7.58. The second kappa shape index (κ2) is 12.4. The number of thioether (sulfide) groups is 1. The number of para-hydroxylation sites is 3. The Balaban J connectivity index is 1.46. The number of fused-ring (bicyclic) bond motifs is 1. The smallest absolute Gasteiger partial charge is 0.344 e. The molecule has 1 aliphatic heterocycles. The lowest BCUT2D eigenvalue weighted by atomic mass is 10.1. The number of aliphatic imine (C=N–C) groups is 1. The van der Waals surface area contributed by atoms with Crippen molar-refractivity contribution in [3.05, 3.63) is 106 Å². The second-order valence-corrected chi connectivity index (χ2v) is 10.2. The molecule has 1 aromatic heterocycles. The van der Waals surface area contributed by atoms with Gasteiger partial charge in [0, 0.05) is 27.7 Å². The van der Waals surface area contributed by atoms with Gasteiger partial charge in [-0.15, -0.1) is 0 Å². The van der Waals surface area contributed by atoms with Gasteiger partial charge in [-0.25, -0.2) is 9.79 Å². The van der Waals surface area contributed by atoms with Gasteiger partial charge in [0.15, 0.2) is 11.5 Å². The highest BCUT2D eigenvalue weighted by molar-refractivity contribution is 8.18. The molecule has 9 heteroatoms. The summed E-state index contributed by atoms with van der Waals surface area (Å²) >= 11 is 7.23. The lowest BCUT2D eigenvalue weighted by Gasteiger charge is -2.11. The van der Waals surface area contributed by atoms with Gasteiger partial charge in [-0.1, -0.05) is 53.7 Å². The molecule has 5 rings (SSSR count). The number of benzene rings is 3. The number of aliphatic hydroxyl groups is 1. The van der Waals surface area contributed by atoms with Gasteiger partial charge in [-0.2, -0.15) is 0 Å². The third kappa shape index (κ3) is 5.88. The van der Waals surface area contributed by atoms with Crippen molar-refractivity contribution in [2.45, 2.75) is 13.5 Å². The molecule has 0 bridgehead atoms. The van der Waals surface area contributed by atoms with Crippen LogP contribution in [0.5, 0.6) is 11.5 Å². The first-order valence-electron chi connectivity index (χ1n) is 12.7. The molecule has 0 aliphatic carbocycles. The molecule has 1 aliphatic rings. The van der Waals surface area contributed by atoms with Crippen molar-refractivity contribution in [2.75, 3.05) is 20.3 Å². The zero-order valence-electron chi connectivity index (χ0n) is 22.0. The summed E-state index contributed by atoms with van der Waals surface area (Å²) in [4.78, 5) is 17.9. The third-order valence-corrected chi connectivity index (χ3v) is 7.46. The summed E-state index contributed by atoms with van der Waals surface area (Å²) < 4.78 is 18.7. The van der Waals surface area contributed by atoms with Crippen LogP contribution in [0.4, 0.5) is 5.69 Å². The van der Waals surface area contributed by atoms with E-state index < -0.39 is 5.97 Å². The van der Waals surface area contributed by atoms with E-state index in [1.165, 1.54) is 11.8 Å². The van der Waals surface area contributed by atoms with Gasteiger partial charge in [0.05, 0.1) is 30.9 Å². The molecule has 0 fully saturated rings. The molecule has 1 N–H and O–H groups in total. The summed E-state index contributed by atoms with van der Waals surface area (Å²) in [6.45, 7) is 2.92. The van der Waals surface area contributed by atoms with E-state index in [0.29, 0.717) is 45.3 Å². The minimum absolute atomic E-state index is 0.0435. The molecule has 204 valence electrons. The molecule has 40 heavy (non-hydrogen) atoms. The average Bonchev–Trinajstić information content (AvgIpc) is 3.47. The number of carbonyl (C=O) groups excluding carboxylic acids is 1. The number of rotatable bonds is 9. The molecule has 0 amide bonds. The van der Waals surface area contributed by atoms with Gasteiger partial charge < -0.3 is 23.9 Å². The summed E-state index contributed by atoms with van der Waals surface area (Å²) in [7, 11) is 1.62. The number of carbonyl (C=O) groups is 1. The topological polar surface area (TPSA) is 82.3 Å². The van der Waals surface area contributed by atoms with Crippen LogP contribution in [0.3, 0.4) is 0 Å². The van der Waals surface area contributed by atoms with Crippen molar-refractivity contribution in [2.24, 2.45) is 4.99 Å². The Morgan fingerprint density at radius 1 is 1.05 bits per heavy atom. The van der Waals surface area contributed by atoms with Gasteiger partial charge in [-0.05, 0) is 55.5 Å². The Labute approximate surface area is 241 Å². The van der Waals surface area contributed by atoms with E-state index in [1.807, 2.05) is 60.8 Å². The lowest BCUT2D eigenvalue weighted by Crippen LogP contribution is -2.12. The van der Waals surface area contributed by atoms with Gasteiger partial charge >= 0.3 is 5.97 Å². The van der Waals surface area contributed by atoms with Crippen LogP contribution in [0.25, 0.3) is 17.0 Å². The minimum Gasteiger partial charge on any atom is -0.506 e. The van der Waals surface area contributed by atoms with Crippen molar-refractivity contribution < 1.29 is 24.1 Å². The molecular weight excluding hydrogens is 548 g/mol. The van der Waals surface area contributed by atoms with Crippen molar-refractivity contribution in [1.29, 1.82) is 0 Å². The summed E-state index contributed by atoms with van der Waals surface area (Å²) in [6.07, 6.45) is 3.87. The number of esters is 1. The minimum atomic E-state index is -0.625. The van der Waals surface area contributed by atoms with Crippen LogP contribution in [0.1, 0.15) is 12.5 Å². The first-order valence-corrected chi connectivity index (χ1v) is 13.9. The first kappa shape index (κ1) is 27.4. The van der Waals surface area contributed by atoms with E-state index in [-0.39, 0.29) is 17.9 Å². The number of aromatic nitrogens is 1. The third-order valence-electron chi connectivity index (χ3n) is 6.19. The Hall–Kier alpha value is -4.14. The predicted molar refractivity (Wildman–Crippen MR) is 161 cm³/mol. The van der Waals surface area contributed by atoms with Crippen LogP contribution < -0.4 is 9.47 Å². The van der Waals surface area contributed by atoms with Crippen LogP contribution in [0.15, 0.2) is 100 Å². The van der Waals surface area contributed by atoms with Crippen molar-refractivity contribution in [3.63, 3.8) is 0 Å². The standard InChI is InChI=1S/C31H27ClN2O5S/c1-3-38-31(36)28-29(35)27(40-30(28)33-22-14-12-21(32)13-15-22)18-20-19-34(24-9-5-4-8-23(20)24)16-17-39-26-11-7-6-10-25(26)37-2/h4-15,18-19,35H,3,16-17H2,1-2H3/b27-18-,33-30?. The molecule has 4 aromatic rings. The largest absolute Gasteiger partial charge is 0.506 e. The number of nitrogens with zero attached hydrogens (tertiary/aromatic N) is 2. The van der Waals surface area contributed by atoms with E-state index >= 15 is 0 Å². The zero-order valence-corrected chi connectivity index (χ0v) is 23.5. The number of aliphatic hydroxyl groups excluding tert-OH is 1. The van der Waals surface area contributed by atoms with E-state index in [0.717, 1.165) is 16.5 Å². The molecule has 0 spiro atoms. The Kier molecular flexibility index (Phi) is 8.48. The van der Waals surface area contributed by atoms with Gasteiger partial charge in [-0.3, -0.25) is 0 Å². The Bertz CT molecular complexity index is 1640. The molecule has 0 unspecified atom stereocenters. The van der Waals surface area contributed by atoms with Gasteiger partial charge in [0.1, 0.15) is 23.0 Å². The maximum Gasteiger partial charge on any atom is 0.344 e. The van der Waals surface area contributed by atoms with Crippen molar-refractivity contribution >= 4 is 57.0 Å². The van der Waals surface area contributed by atoms with Crippen LogP contribution in [-0.4, -0.2) is 41.0 Å². The highest BCUT2D eigenvalue weighted by Gasteiger charge is 2.33. The van der Waals surface area contributed by atoms with Crippen LogP contribution in [0.2, 0.25) is 5.02 Å². The van der Waals surface area contributed by atoms with Crippen molar-refractivity contribution in [3.8, 4) is 11.5 Å². The number of hydrogen-bond acceptors (Lipinski definition) is 7. The highest BCUT2D eigenvalue weighted by atomic mass is 35.5. The summed E-state index contributed by atoms with van der Waals surface area (Å²) in [6, 6.07) is 22.5. The van der Waals surface area contributed by atoms with E-state index in [9.17, 15) is 9.90 Å². The average molecular weight is 575 g/mol. The summed E-state index contributed by atoms with van der Waals surface area (Å²) in [5, 5.41) is 13.1. The number of methoxy groups -OCH3 is 1. The van der Waals surface area contributed by atoms with Crippen LogP contribution in [-0.2, 0) is 16.1 Å². The van der Waals surface area contributed by atoms with Crippen LogP contribution in [0, 0.1) is 0 Å². The molecule has 0 atom stereocenters. The highest BCUT2D eigenvalue weighted by Crippen LogP contribution is 2.41. The van der Waals surface area contributed by atoms with E-state index in [1.54, 1.807) is 38.3 Å². The maximum atomic E-state index is 12.8. The number of halogens is 1. The fourth-order valence-electron chi connectivity index (χ4n) is 4.33. The normalized spacial score (nSPS) is 15.3. The summed E-state index contributed by atoms with van der Waals surface area (Å²) in [5.41, 5.74) is 2.56. The fourth-order valence-corrected chi connectivity index (χ4v) is 5.49. The fraction of sp³-hybridized carbons (Fsp3) is 0.161. The monoisotopic (exact) mass is 574 g/mol. The SMILES string of the molecule is CCOC(=O)C1=C(O)/C(=C/c2cn(CCOc3ccccc3OC)c3ccccc23)SC1=Nc1ccc(Cl)cc1. The quantitative estimate of drug-likeness (QED) is 0.208. The molecular formula is C31H27ClN2O5S. The Morgan fingerprint density at radius 3 is 2.52 bits per heavy atom. The zero-order chi connectivity index (χ0) is 28.1. The molecule has 0 saturated carbocycles. The first-order chi connectivity index (χ1) is 19.5. The molecule has 2 heterocycles. The molecule has 0 saturated heterocycles. The van der Waals surface area contributed by atoms with E-state index in [4.69, 9.17) is 25.8 Å². The molecule has 3 aromatic carbocycles. The lowest BCUT2D eigenvalue weighted by molar-refractivity contribution is -0.138. The van der Waals surface area contributed by atoms with Crippen LogP contribution >= 0.6 is 23.4 Å². The molecule has 7 nitrogen and oxygen atoms in total. The molecule has 0 radical (unpaired) electrons. The van der Waals surface area contributed by atoms with E-state index in [2.05, 4.69) is 9.56 Å². The number of hydrogen-bond donors (Lipinski definition) is 1. The number of ether oxygens (including phenoxy) is 3. The maximum absolute atomic E-state index is 12.8. The summed E-state index contributed by atoms with van der Waals surface area (Å²) in [5.74, 6) is 0.575. The van der Waals surface area contributed by atoms with Gasteiger partial charge in [0.25, 0.3) is 0 Å².